The minimum absolute atomic E-state index is 0.0374. The van der Waals surface area contributed by atoms with Crippen LogP contribution >= 0.6 is 22.9 Å². The molecule has 6 heteroatoms. The predicted octanol–water partition coefficient (Wildman–Crippen LogP) is 5.43. The first-order chi connectivity index (χ1) is 13.5. The first-order valence-corrected chi connectivity index (χ1v) is 10.8. The van der Waals surface area contributed by atoms with E-state index in [0.717, 1.165) is 37.0 Å². The highest BCUT2D eigenvalue weighted by Gasteiger charge is 2.29. The lowest BCUT2D eigenvalue weighted by atomic mass is 9.97. The van der Waals surface area contributed by atoms with Crippen LogP contribution in [0.15, 0.2) is 42.5 Å². The molecule has 28 heavy (non-hydrogen) atoms. The van der Waals surface area contributed by atoms with Gasteiger partial charge in [-0.15, -0.1) is 11.3 Å². The molecule has 0 N–H and O–H groups in total. The lowest BCUT2D eigenvalue weighted by Gasteiger charge is -2.32. The first-order valence-electron chi connectivity index (χ1n) is 9.58. The molecule has 146 valence electrons. The second-order valence-corrected chi connectivity index (χ2v) is 8.76. The molecule has 1 aliphatic heterocycles. The molecular weight excluding hydrogens is 392 g/mol. The minimum atomic E-state index is -0.514. The third-order valence-electron chi connectivity index (χ3n) is 5.26. The molecular formula is C22H23ClN2O2S. The number of amides is 1. The molecule has 1 aliphatic rings. The summed E-state index contributed by atoms with van der Waals surface area (Å²) in [4.78, 5) is 19.5. The Labute approximate surface area is 174 Å². The number of nitrogens with zero attached hydrogens (tertiary/aromatic N) is 2. The molecule has 0 spiro atoms. The number of aryl methyl sites for hydroxylation is 1. The smallest absolute Gasteiger partial charge is 0.263 e. The molecule has 0 bridgehead atoms. The van der Waals surface area contributed by atoms with Crippen LogP contribution in [0.4, 0.5) is 0 Å². The molecule has 1 atom stereocenters. The van der Waals surface area contributed by atoms with Gasteiger partial charge in [0.1, 0.15) is 5.75 Å². The van der Waals surface area contributed by atoms with E-state index in [1.54, 1.807) is 23.5 Å². The van der Waals surface area contributed by atoms with Gasteiger partial charge in [-0.2, -0.15) is 0 Å². The van der Waals surface area contributed by atoms with E-state index in [1.807, 2.05) is 30.9 Å². The van der Waals surface area contributed by atoms with Crippen LogP contribution in [0.1, 0.15) is 36.3 Å². The SMILES string of the molecule is Cc1cc(O[C@H](C)C(=O)N2CCC(c3nc4ccccc4s3)CC2)ccc1Cl. The molecule has 0 saturated carbocycles. The zero-order valence-corrected chi connectivity index (χ0v) is 17.6. The van der Waals surface area contributed by atoms with Crippen molar-refractivity contribution >= 4 is 39.1 Å². The zero-order valence-electron chi connectivity index (χ0n) is 16.0. The number of fused-ring (bicyclic) bond motifs is 1. The zero-order chi connectivity index (χ0) is 19.7. The molecule has 1 saturated heterocycles. The molecule has 2 aromatic carbocycles. The van der Waals surface area contributed by atoms with E-state index >= 15 is 0 Å². The van der Waals surface area contributed by atoms with Crippen molar-refractivity contribution in [3.8, 4) is 5.75 Å². The topological polar surface area (TPSA) is 42.4 Å². The average molecular weight is 415 g/mol. The number of benzene rings is 2. The summed E-state index contributed by atoms with van der Waals surface area (Å²) in [5, 5.41) is 1.89. The summed E-state index contributed by atoms with van der Waals surface area (Å²) in [7, 11) is 0. The molecule has 0 unspecified atom stereocenters. The fourth-order valence-corrected chi connectivity index (χ4v) is 4.87. The van der Waals surface area contributed by atoms with Crippen molar-refractivity contribution in [1.29, 1.82) is 0 Å². The summed E-state index contributed by atoms with van der Waals surface area (Å²) in [6.07, 6.45) is 1.37. The molecule has 1 amide bonds. The quantitative estimate of drug-likeness (QED) is 0.571. The van der Waals surface area contributed by atoms with Gasteiger partial charge in [-0.25, -0.2) is 4.98 Å². The predicted molar refractivity (Wildman–Crippen MR) is 114 cm³/mol. The number of piperidine rings is 1. The van der Waals surface area contributed by atoms with E-state index in [2.05, 4.69) is 18.2 Å². The van der Waals surface area contributed by atoms with Crippen LogP contribution in [0.5, 0.6) is 5.75 Å². The number of thiazole rings is 1. The van der Waals surface area contributed by atoms with Crippen LogP contribution in [0, 0.1) is 6.92 Å². The lowest BCUT2D eigenvalue weighted by molar-refractivity contribution is -0.139. The summed E-state index contributed by atoms with van der Waals surface area (Å²) in [6.45, 7) is 5.22. The van der Waals surface area contributed by atoms with Crippen LogP contribution in [0.3, 0.4) is 0 Å². The van der Waals surface area contributed by atoms with Crippen molar-refractivity contribution in [2.24, 2.45) is 0 Å². The second kappa shape index (κ2) is 8.10. The van der Waals surface area contributed by atoms with E-state index in [-0.39, 0.29) is 5.91 Å². The number of para-hydroxylation sites is 1. The van der Waals surface area contributed by atoms with Gasteiger partial charge >= 0.3 is 0 Å². The summed E-state index contributed by atoms with van der Waals surface area (Å²) in [5.41, 5.74) is 2.01. The van der Waals surface area contributed by atoms with Crippen LogP contribution in [0.2, 0.25) is 5.02 Å². The fraction of sp³-hybridized carbons (Fsp3) is 0.364. The maximum Gasteiger partial charge on any atom is 0.263 e. The van der Waals surface area contributed by atoms with Crippen LogP contribution in [-0.4, -0.2) is 35.0 Å². The third kappa shape index (κ3) is 4.01. The number of carbonyl (C=O) groups is 1. The van der Waals surface area contributed by atoms with Crippen molar-refractivity contribution in [3.63, 3.8) is 0 Å². The summed E-state index contributed by atoms with van der Waals surface area (Å²) in [5.74, 6) is 1.14. The van der Waals surface area contributed by atoms with Gasteiger partial charge in [-0.05, 0) is 62.6 Å². The summed E-state index contributed by atoms with van der Waals surface area (Å²) >= 11 is 7.83. The number of carbonyl (C=O) groups excluding carboxylic acids is 1. The molecule has 0 aliphatic carbocycles. The van der Waals surface area contributed by atoms with Crippen LogP contribution in [-0.2, 0) is 4.79 Å². The molecule has 3 aromatic rings. The Hall–Kier alpha value is -2.11. The largest absolute Gasteiger partial charge is 0.481 e. The Balaban J connectivity index is 1.35. The van der Waals surface area contributed by atoms with E-state index in [0.29, 0.717) is 16.7 Å². The fourth-order valence-electron chi connectivity index (χ4n) is 3.61. The second-order valence-electron chi connectivity index (χ2n) is 7.29. The number of hydrogen-bond donors (Lipinski definition) is 0. The van der Waals surface area contributed by atoms with Gasteiger partial charge in [0.2, 0.25) is 0 Å². The summed E-state index contributed by atoms with van der Waals surface area (Å²) < 4.78 is 7.09. The van der Waals surface area contributed by atoms with Gasteiger partial charge in [-0.3, -0.25) is 4.79 Å². The van der Waals surface area contributed by atoms with Crippen LogP contribution in [0.25, 0.3) is 10.2 Å². The van der Waals surface area contributed by atoms with Crippen molar-refractivity contribution in [2.45, 2.75) is 38.7 Å². The van der Waals surface area contributed by atoms with Gasteiger partial charge in [0, 0.05) is 24.0 Å². The molecule has 1 aromatic heterocycles. The van der Waals surface area contributed by atoms with E-state index < -0.39 is 6.10 Å². The van der Waals surface area contributed by atoms with Gasteiger partial charge in [0.25, 0.3) is 5.91 Å². The third-order valence-corrected chi connectivity index (χ3v) is 6.88. The Kier molecular flexibility index (Phi) is 5.56. The highest BCUT2D eigenvalue weighted by molar-refractivity contribution is 7.18. The number of hydrogen-bond acceptors (Lipinski definition) is 4. The van der Waals surface area contributed by atoms with Gasteiger partial charge in [-0.1, -0.05) is 23.7 Å². The van der Waals surface area contributed by atoms with E-state index in [1.165, 1.54) is 9.71 Å². The van der Waals surface area contributed by atoms with Gasteiger partial charge in [0.05, 0.1) is 15.2 Å². The number of likely N-dealkylation sites (tertiary alicyclic amines) is 1. The van der Waals surface area contributed by atoms with Gasteiger partial charge in [0.15, 0.2) is 6.10 Å². The highest BCUT2D eigenvalue weighted by atomic mass is 35.5. The Morgan fingerprint density at radius 2 is 2.00 bits per heavy atom. The molecule has 4 rings (SSSR count). The number of rotatable bonds is 4. The van der Waals surface area contributed by atoms with Crippen molar-refractivity contribution in [2.75, 3.05) is 13.1 Å². The van der Waals surface area contributed by atoms with Gasteiger partial charge < -0.3 is 9.64 Å². The molecule has 4 nitrogen and oxygen atoms in total. The minimum Gasteiger partial charge on any atom is -0.481 e. The first kappa shape index (κ1) is 19.2. The summed E-state index contributed by atoms with van der Waals surface area (Å²) in [6, 6.07) is 13.7. The van der Waals surface area contributed by atoms with E-state index in [9.17, 15) is 4.79 Å². The number of ether oxygens (including phenoxy) is 1. The Bertz CT molecular complexity index is 962. The maximum absolute atomic E-state index is 12.8. The Morgan fingerprint density at radius 3 is 2.71 bits per heavy atom. The lowest BCUT2D eigenvalue weighted by Crippen LogP contribution is -2.44. The van der Waals surface area contributed by atoms with Crippen LogP contribution < -0.4 is 4.74 Å². The molecule has 2 heterocycles. The highest BCUT2D eigenvalue weighted by Crippen LogP contribution is 2.34. The Morgan fingerprint density at radius 1 is 1.25 bits per heavy atom. The van der Waals surface area contributed by atoms with Crippen molar-refractivity contribution in [3.05, 3.63) is 58.1 Å². The van der Waals surface area contributed by atoms with E-state index in [4.69, 9.17) is 21.3 Å². The maximum atomic E-state index is 12.8. The monoisotopic (exact) mass is 414 g/mol. The molecule has 1 fully saturated rings. The number of halogens is 1. The molecule has 0 radical (unpaired) electrons. The standard InChI is InChI=1S/C22H23ClN2O2S/c1-14-13-17(7-8-18(14)23)27-15(2)22(26)25-11-9-16(10-12-25)21-24-19-5-3-4-6-20(19)28-21/h3-8,13,15-16H,9-12H2,1-2H3/t15-/m1/s1. The van der Waals surface area contributed by atoms with Crippen molar-refractivity contribution in [1.82, 2.24) is 9.88 Å². The number of aromatic nitrogens is 1. The normalized spacial score (nSPS) is 16.3. The van der Waals surface area contributed by atoms with Crippen molar-refractivity contribution < 1.29 is 9.53 Å². The average Bonchev–Trinajstić information content (AvgIpc) is 3.14.